The second-order valence-electron chi connectivity index (χ2n) is 7.03. The van der Waals surface area contributed by atoms with Crippen LogP contribution in [0.25, 0.3) is 0 Å². The smallest absolute Gasteiger partial charge is 0.230 e. The van der Waals surface area contributed by atoms with E-state index in [0.29, 0.717) is 58.8 Å². The number of nitrogens with zero attached hydrogens (tertiary/aromatic N) is 2. The molecule has 0 atom stereocenters. The van der Waals surface area contributed by atoms with Gasteiger partial charge in [-0.25, -0.2) is 8.42 Å². The maximum absolute atomic E-state index is 13.0. The van der Waals surface area contributed by atoms with E-state index < -0.39 is 15.4 Å². The minimum atomic E-state index is -3.38. The second kappa shape index (κ2) is 9.34. The third kappa shape index (κ3) is 5.00. The molecule has 1 amide bonds. The molecule has 1 aromatic rings. The number of carbonyl (C=O) groups excluding carboxylic acids is 1. The average molecular weight is 418 g/mol. The van der Waals surface area contributed by atoms with Crippen molar-refractivity contribution in [2.24, 2.45) is 11.1 Å². The highest BCUT2D eigenvalue weighted by Gasteiger charge is 2.42. The van der Waals surface area contributed by atoms with E-state index in [0.717, 1.165) is 5.56 Å². The van der Waals surface area contributed by atoms with Crippen LogP contribution < -0.4 is 5.73 Å². The van der Waals surface area contributed by atoms with Crippen LogP contribution in [0.5, 0.6) is 0 Å². The molecule has 1 aromatic carbocycles. The Labute approximate surface area is 167 Å². The van der Waals surface area contributed by atoms with Gasteiger partial charge >= 0.3 is 0 Å². The third-order valence-corrected chi connectivity index (χ3v) is 7.26. The van der Waals surface area contributed by atoms with E-state index in [9.17, 15) is 13.2 Å². The van der Waals surface area contributed by atoms with Crippen molar-refractivity contribution in [1.82, 2.24) is 9.21 Å². The highest BCUT2D eigenvalue weighted by molar-refractivity contribution is 7.88. The first-order valence-corrected chi connectivity index (χ1v) is 10.7. The molecule has 152 valence electrons. The number of sulfonamides is 1. The first-order chi connectivity index (χ1) is 12.5. The summed E-state index contributed by atoms with van der Waals surface area (Å²) in [6.07, 6.45) is 1.27. The van der Waals surface area contributed by atoms with Crippen molar-refractivity contribution in [1.29, 1.82) is 0 Å². The van der Waals surface area contributed by atoms with Crippen molar-refractivity contribution in [3.05, 3.63) is 35.9 Å². The highest BCUT2D eigenvalue weighted by Crippen LogP contribution is 2.32. The quantitative estimate of drug-likeness (QED) is 0.766. The molecule has 0 bridgehead atoms. The van der Waals surface area contributed by atoms with Crippen LogP contribution in [0.3, 0.4) is 0 Å². The van der Waals surface area contributed by atoms with Gasteiger partial charge in [0.15, 0.2) is 0 Å². The molecule has 2 aliphatic heterocycles. The molecule has 0 unspecified atom stereocenters. The number of piperazine rings is 1. The Kier molecular flexibility index (Phi) is 7.64. The zero-order valence-electron chi connectivity index (χ0n) is 15.4. The van der Waals surface area contributed by atoms with Crippen molar-refractivity contribution in [2.75, 3.05) is 45.9 Å². The Hall–Kier alpha value is -1.19. The van der Waals surface area contributed by atoms with Crippen LogP contribution >= 0.6 is 12.4 Å². The SMILES string of the molecule is Cl.NCC1(C(=O)N2CCN(S(=O)(=O)Cc3ccccc3)CC2)CCOCC1. The summed E-state index contributed by atoms with van der Waals surface area (Å²) in [5.41, 5.74) is 6.14. The number of ether oxygens (including phenoxy) is 1. The van der Waals surface area contributed by atoms with E-state index in [2.05, 4.69) is 0 Å². The molecule has 3 rings (SSSR count). The maximum Gasteiger partial charge on any atom is 0.230 e. The largest absolute Gasteiger partial charge is 0.381 e. The van der Waals surface area contributed by atoms with Gasteiger partial charge in [-0.2, -0.15) is 4.31 Å². The summed E-state index contributed by atoms with van der Waals surface area (Å²) < 4.78 is 32.1. The molecular weight excluding hydrogens is 390 g/mol. The molecule has 0 aliphatic carbocycles. The van der Waals surface area contributed by atoms with Crippen molar-refractivity contribution in [3.8, 4) is 0 Å². The number of amides is 1. The standard InChI is InChI=1S/C18H27N3O4S.ClH/c19-15-18(6-12-25-13-7-18)17(22)20-8-10-21(11-9-20)26(23,24)14-16-4-2-1-3-5-16;/h1-5H,6-15,19H2;1H. The summed E-state index contributed by atoms with van der Waals surface area (Å²) in [6.45, 7) is 2.89. The number of rotatable bonds is 5. The van der Waals surface area contributed by atoms with Crippen LogP contribution in [0.4, 0.5) is 0 Å². The molecule has 0 aromatic heterocycles. The molecule has 2 aliphatic rings. The number of hydrogen-bond acceptors (Lipinski definition) is 5. The summed E-state index contributed by atoms with van der Waals surface area (Å²) >= 11 is 0. The van der Waals surface area contributed by atoms with Crippen LogP contribution in [0.2, 0.25) is 0 Å². The molecule has 27 heavy (non-hydrogen) atoms. The Balaban J connectivity index is 0.00000261. The zero-order valence-corrected chi connectivity index (χ0v) is 17.0. The summed E-state index contributed by atoms with van der Waals surface area (Å²) in [5, 5.41) is 0. The lowest BCUT2D eigenvalue weighted by molar-refractivity contribution is -0.148. The van der Waals surface area contributed by atoms with Crippen molar-refractivity contribution >= 4 is 28.3 Å². The van der Waals surface area contributed by atoms with Gasteiger partial charge < -0.3 is 15.4 Å². The zero-order chi connectivity index (χ0) is 18.6. The van der Waals surface area contributed by atoms with Gasteiger partial charge in [-0.05, 0) is 18.4 Å². The fraction of sp³-hybridized carbons (Fsp3) is 0.611. The normalized spacial score (nSPS) is 20.7. The third-order valence-electron chi connectivity index (χ3n) is 5.41. The molecule has 2 saturated heterocycles. The van der Waals surface area contributed by atoms with E-state index in [4.69, 9.17) is 10.5 Å². The topological polar surface area (TPSA) is 92.9 Å². The van der Waals surface area contributed by atoms with E-state index in [1.54, 1.807) is 4.90 Å². The van der Waals surface area contributed by atoms with Crippen LogP contribution in [0.15, 0.2) is 30.3 Å². The lowest BCUT2D eigenvalue weighted by Crippen LogP contribution is -2.57. The summed E-state index contributed by atoms with van der Waals surface area (Å²) in [5.74, 6) is 0.0367. The minimum Gasteiger partial charge on any atom is -0.381 e. The van der Waals surface area contributed by atoms with Crippen LogP contribution in [-0.4, -0.2) is 69.5 Å². The monoisotopic (exact) mass is 417 g/mol. The van der Waals surface area contributed by atoms with E-state index in [-0.39, 0.29) is 24.1 Å². The lowest BCUT2D eigenvalue weighted by atomic mass is 9.78. The molecule has 2 N–H and O–H groups in total. The molecular formula is C18H28ClN3O4S. The Morgan fingerprint density at radius 1 is 1.07 bits per heavy atom. The van der Waals surface area contributed by atoms with E-state index in [1.807, 2.05) is 30.3 Å². The number of carbonyl (C=O) groups is 1. The molecule has 9 heteroatoms. The van der Waals surface area contributed by atoms with Crippen LogP contribution in [0.1, 0.15) is 18.4 Å². The van der Waals surface area contributed by atoms with Gasteiger partial charge in [0.2, 0.25) is 15.9 Å². The Morgan fingerprint density at radius 3 is 2.22 bits per heavy atom. The maximum atomic E-state index is 13.0. The predicted octanol–water partition coefficient (Wildman–Crippen LogP) is 0.838. The van der Waals surface area contributed by atoms with Gasteiger partial charge in [0.1, 0.15) is 0 Å². The van der Waals surface area contributed by atoms with Crippen molar-refractivity contribution in [2.45, 2.75) is 18.6 Å². The highest BCUT2D eigenvalue weighted by atomic mass is 35.5. The number of benzene rings is 1. The first kappa shape index (κ1) is 22.1. The number of halogens is 1. The van der Waals surface area contributed by atoms with Crippen molar-refractivity contribution < 1.29 is 17.9 Å². The second-order valence-corrected chi connectivity index (χ2v) is 9.00. The van der Waals surface area contributed by atoms with Crippen LogP contribution in [-0.2, 0) is 25.3 Å². The van der Waals surface area contributed by atoms with Gasteiger partial charge in [-0.1, -0.05) is 30.3 Å². The minimum absolute atomic E-state index is 0. The van der Waals surface area contributed by atoms with Gasteiger partial charge in [0.25, 0.3) is 0 Å². The molecule has 0 radical (unpaired) electrons. The van der Waals surface area contributed by atoms with Gasteiger partial charge in [-0.3, -0.25) is 4.79 Å². The first-order valence-electron chi connectivity index (χ1n) is 9.06. The van der Waals surface area contributed by atoms with Crippen LogP contribution in [0, 0.1) is 5.41 Å². The molecule has 2 heterocycles. The summed E-state index contributed by atoms with van der Waals surface area (Å²) in [4.78, 5) is 14.7. The summed E-state index contributed by atoms with van der Waals surface area (Å²) in [7, 11) is -3.38. The van der Waals surface area contributed by atoms with Gasteiger partial charge in [0, 0.05) is 45.9 Å². The van der Waals surface area contributed by atoms with E-state index >= 15 is 0 Å². The van der Waals surface area contributed by atoms with E-state index in [1.165, 1.54) is 4.31 Å². The fourth-order valence-electron chi connectivity index (χ4n) is 3.65. The van der Waals surface area contributed by atoms with Crippen molar-refractivity contribution in [3.63, 3.8) is 0 Å². The molecule has 2 fully saturated rings. The predicted molar refractivity (Wildman–Crippen MR) is 106 cm³/mol. The molecule has 7 nitrogen and oxygen atoms in total. The Bertz CT molecular complexity index is 715. The van der Waals surface area contributed by atoms with Gasteiger partial charge in [0.05, 0.1) is 11.2 Å². The average Bonchev–Trinajstić information content (AvgIpc) is 2.68. The van der Waals surface area contributed by atoms with Gasteiger partial charge in [-0.15, -0.1) is 12.4 Å². The molecule has 0 saturated carbocycles. The summed E-state index contributed by atoms with van der Waals surface area (Å²) in [6, 6.07) is 9.16. The number of hydrogen-bond donors (Lipinski definition) is 1. The number of nitrogens with two attached hydrogens (primary N) is 1. The lowest BCUT2D eigenvalue weighted by Gasteiger charge is -2.42. The Morgan fingerprint density at radius 2 is 1.67 bits per heavy atom. The molecule has 0 spiro atoms. The fourth-order valence-corrected chi connectivity index (χ4v) is 5.16.